The normalized spacial score (nSPS) is 18.2. The molecule has 1 saturated heterocycles. The molecule has 0 spiro atoms. The molecule has 0 bridgehead atoms. The van der Waals surface area contributed by atoms with Gasteiger partial charge in [0.15, 0.2) is 5.78 Å². The Balaban J connectivity index is 1.38. The maximum atomic E-state index is 13.8. The zero-order chi connectivity index (χ0) is 24.5. The first-order chi connectivity index (χ1) is 16.9. The van der Waals surface area contributed by atoms with Crippen LogP contribution in [0.25, 0.3) is 21.4 Å². The molecule has 0 unspecified atom stereocenters. The number of carbonyl (C=O) groups is 2. The summed E-state index contributed by atoms with van der Waals surface area (Å²) in [6.45, 7) is 4.66. The van der Waals surface area contributed by atoms with Gasteiger partial charge in [-0.15, -0.1) is 11.3 Å². The zero-order valence-electron chi connectivity index (χ0n) is 19.8. The smallest absolute Gasteiger partial charge is 0.274 e. The molecule has 7 heteroatoms. The lowest BCUT2D eigenvalue weighted by Gasteiger charge is -2.40. The summed E-state index contributed by atoms with van der Waals surface area (Å²) in [6, 6.07) is 13.5. The van der Waals surface area contributed by atoms with Crippen LogP contribution in [-0.2, 0) is 0 Å². The number of Topliss-reactive ketones (excluding diaryl/α,β-unsaturated/α-hetero) is 1. The van der Waals surface area contributed by atoms with Gasteiger partial charge in [0.1, 0.15) is 17.1 Å². The minimum absolute atomic E-state index is 0.0492. The van der Waals surface area contributed by atoms with Gasteiger partial charge in [-0.05, 0) is 61.9 Å². The van der Waals surface area contributed by atoms with Crippen LogP contribution in [0.2, 0.25) is 0 Å². The number of benzene rings is 2. The molecule has 0 saturated carbocycles. The van der Waals surface area contributed by atoms with Crippen molar-refractivity contribution in [3.8, 4) is 10.4 Å². The molecule has 4 aromatic rings. The highest BCUT2D eigenvalue weighted by molar-refractivity contribution is 7.15. The fraction of sp³-hybridized carbons (Fsp3) is 0.321. The van der Waals surface area contributed by atoms with E-state index in [0.717, 1.165) is 33.7 Å². The number of furan rings is 1. The first kappa shape index (κ1) is 23.4. The van der Waals surface area contributed by atoms with Crippen LogP contribution < -0.4 is 0 Å². The number of hydrogen-bond donors (Lipinski definition) is 0. The molecule has 1 amide bonds. The quantitative estimate of drug-likeness (QED) is 0.276. The van der Waals surface area contributed by atoms with Crippen molar-refractivity contribution in [3.63, 3.8) is 0 Å². The Morgan fingerprint density at radius 2 is 1.97 bits per heavy atom. The second-order valence-electron chi connectivity index (χ2n) is 9.20. The van der Waals surface area contributed by atoms with Gasteiger partial charge in [0.2, 0.25) is 0 Å². The predicted molar refractivity (Wildman–Crippen MR) is 135 cm³/mol. The first-order valence-electron chi connectivity index (χ1n) is 12.0. The molecular formula is C28H27FN2O3S. The Labute approximate surface area is 207 Å². The topological polar surface area (TPSA) is 63.4 Å². The number of aromatic nitrogens is 1. The van der Waals surface area contributed by atoms with E-state index in [0.29, 0.717) is 36.2 Å². The lowest BCUT2D eigenvalue weighted by molar-refractivity contribution is 0.0484. The van der Waals surface area contributed by atoms with Crippen molar-refractivity contribution in [1.82, 2.24) is 9.88 Å². The highest BCUT2D eigenvalue weighted by Crippen LogP contribution is 2.34. The molecule has 1 fully saturated rings. The number of carbonyl (C=O) groups excluding carboxylic acids is 2. The number of hydrogen-bond acceptors (Lipinski definition) is 5. The van der Waals surface area contributed by atoms with Gasteiger partial charge in [0, 0.05) is 30.0 Å². The number of aryl methyl sites for hydroxylation is 1. The van der Waals surface area contributed by atoms with Crippen LogP contribution in [0.15, 0.2) is 59.2 Å². The number of likely N-dealkylation sites (tertiary alicyclic amines) is 1. The second-order valence-corrected chi connectivity index (χ2v) is 10.4. The van der Waals surface area contributed by atoms with E-state index in [1.165, 1.54) is 23.5 Å². The standard InChI is InChI=1S/C28H27FN2O3S/c1-17-5-4-15-31(23(17)12-13-24(32)21-6-3-7-25-22(21)14-16-34-25)28(33)26-27(35-18(2)30-26)19-8-10-20(29)11-9-19/h3,6-11,14,16-17,23H,4-5,12-13,15H2,1-2H3/t17-,23-/m1/s1. The van der Waals surface area contributed by atoms with E-state index in [4.69, 9.17) is 4.42 Å². The third-order valence-electron chi connectivity index (χ3n) is 6.88. The third kappa shape index (κ3) is 4.65. The van der Waals surface area contributed by atoms with E-state index < -0.39 is 0 Å². The minimum Gasteiger partial charge on any atom is -0.464 e. The van der Waals surface area contributed by atoms with Gasteiger partial charge in [-0.3, -0.25) is 9.59 Å². The Morgan fingerprint density at radius 1 is 1.17 bits per heavy atom. The molecule has 3 heterocycles. The van der Waals surface area contributed by atoms with Gasteiger partial charge in [-0.1, -0.05) is 31.2 Å². The SMILES string of the molecule is Cc1nc(C(=O)N2CCC[C@@H](C)[C@H]2CCC(=O)c2cccc3occc23)c(-c2ccc(F)cc2)s1. The Kier molecular flexibility index (Phi) is 6.52. The molecule has 2 atom stereocenters. The summed E-state index contributed by atoms with van der Waals surface area (Å²) in [4.78, 5) is 34.2. The summed E-state index contributed by atoms with van der Waals surface area (Å²) in [5.41, 5.74) is 2.55. The number of amides is 1. The Morgan fingerprint density at radius 3 is 2.77 bits per heavy atom. The largest absolute Gasteiger partial charge is 0.464 e. The molecule has 180 valence electrons. The summed E-state index contributed by atoms with van der Waals surface area (Å²) < 4.78 is 18.9. The van der Waals surface area contributed by atoms with Crippen LogP contribution in [0.5, 0.6) is 0 Å². The maximum absolute atomic E-state index is 13.8. The number of piperidine rings is 1. The lowest BCUT2D eigenvalue weighted by Crippen LogP contribution is -2.48. The van der Waals surface area contributed by atoms with E-state index in [1.54, 1.807) is 18.4 Å². The maximum Gasteiger partial charge on any atom is 0.274 e. The Hall–Kier alpha value is -3.32. The number of nitrogens with zero attached hydrogens (tertiary/aromatic N) is 2. The van der Waals surface area contributed by atoms with Crippen LogP contribution in [0.1, 0.15) is 58.5 Å². The monoisotopic (exact) mass is 490 g/mol. The molecule has 35 heavy (non-hydrogen) atoms. The van der Waals surface area contributed by atoms with Crippen LogP contribution in [0, 0.1) is 18.7 Å². The summed E-state index contributed by atoms with van der Waals surface area (Å²) in [5.74, 6) is -0.101. The van der Waals surface area contributed by atoms with Crippen molar-refractivity contribution in [3.05, 3.63) is 76.9 Å². The molecule has 5 nitrogen and oxygen atoms in total. The second kappa shape index (κ2) is 9.74. The highest BCUT2D eigenvalue weighted by Gasteiger charge is 2.35. The van der Waals surface area contributed by atoms with E-state index in [9.17, 15) is 14.0 Å². The summed E-state index contributed by atoms with van der Waals surface area (Å²) in [5, 5.41) is 1.61. The number of fused-ring (bicyclic) bond motifs is 1. The molecule has 1 aliphatic heterocycles. The molecular weight excluding hydrogens is 463 g/mol. The van der Waals surface area contributed by atoms with Gasteiger partial charge in [-0.2, -0.15) is 0 Å². The van der Waals surface area contributed by atoms with E-state index in [2.05, 4.69) is 11.9 Å². The van der Waals surface area contributed by atoms with Gasteiger partial charge >= 0.3 is 0 Å². The van der Waals surface area contributed by atoms with Crippen LogP contribution in [-0.4, -0.2) is 34.2 Å². The van der Waals surface area contributed by atoms with Crippen molar-refractivity contribution in [2.45, 2.75) is 45.6 Å². The van der Waals surface area contributed by atoms with Gasteiger partial charge < -0.3 is 9.32 Å². The molecule has 0 aliphatic carbocycles. The van der Waals surface area contributed by atoms with Gasteiger partial charge in [0.25, 0.3) is 5.91 Å². The summed E-state index contributed by atoms with van der Waals surface area (Å²) in [6.07, 6.45) is 4.47. The molecule has 2 aromatic heterocycles. The molecule has 5 rings (SSSR count). The number of halogens is 1. The average Bonchev–Trinajstić information content (AvgIpc) is 3.49. The number of rotatable bonds is 6. The first-order valence-corrected chi connectivity index (χ1v) is 12.8. The van der Waals surface area contributed by atoms with E-state index in [-0.39, 0.29) is 29.5 Å². The van der Waals surface area contributed by atoms with Gasteiger partial charge in [-0.25, -0.2) is 9.37 Å². The van der Waals surface area contributed by atoms with E-state index >= 15 is 0 Å². The predicted octanol–water partition coefficient (Wildman–Crippen LogP) is 6.91. The van der Waals surface area contributed by atoms with Crippen molar-refractivity contribution in [1.29, 1.82) is 0 Å². The van der Waals surface area contributed by atoms with Gasteiger partial charge in [0.05, 0.1) is 16.1 Å². The minimum atomic E-state index is -0.316. The zero-order valence-corrected chi connectivity index (χ0v) is 20.6. The molecule has 1 aliphatic rings. The highest BCUT2D eigenvalue weighted by atomic mass is 32.1. The van der Waals surface area contributed by atoms with Crippen molar-refractivity contribution < 1.29 is 18.4 Å². The number of thiazole rings is 1. The van der Waals surface area contributed by atoms with Crippen LogP contribution in [0.4, 0.5) is 4.39 Å². The van der Waals surface area contributed by atoms with E-state index in [1.807, 2.05) is 36.1 Å². The lowest BCUT2D eigenvalue weighted by atomic mass is 9.86. The fourth-order valence-corrected chi connectivity index (χ4v) is 6.01. The number of ketones is 1. The summed E-state index contributed by atoms with van der Waals surface area (Å²) in [7, 11) is 0. The molecule has 0 radical (unpaired) electrons. The van der Waals surface area contributed by atoms with Crippen LogP contribution >= 0.6 is 11.3 Å². The molecule has 0 N–H and O–H groups in total. The van der Waals surface area contributed by atoms with Crippen molar-refractivity contribution in [2.75, 3.05) is 6.54 Å². The summed E-state index contributed by atoms with van der Waals surface area (Å²) >= 11 is 1.44. The van der Waals surface area contributed by atoms with Crippen LogP contribution in [0.3, 0.4) is 0 Å². The Bertz CT molecular complexity index is 1370. The average molecular weight is 491 g/mol. The van der Waals surface area contributed by atoms with Crippen molar-refractivity contribution in [2.24, 2.45) is 5.92 Å². The van der Waals surface area contributed by atoms with Crippen molar-refractivity contribution >= 4 is 34.0 Å². The fourth-order valence-electron chi connectivity index (χ4n) is 5.10. The molecule has 2 aromatic carbocycles. The third-order valence-corrected chi connectivity index (χ3v) is 7.90.